The summed E-state index contributed by atoms with van der Waals surface area (Å²) in [6.45, 7) is -2.84. The number of nitro benzene ring substituents is 2. The van der Waals surface area contributed by atoms with Crippen LogP contribution in [-0.2, 0) is 57.0 Å². The van der Waals surface area contributed by atoms with Crippen LogP contribution in [0.15, 0.2) is 42.5 Å². The molecule has 0 unspecified atom stereocenters. The van der Waals surface area contributed by atoms with Gasteiger partial charge in [0.1, 0.15) is 122 Å². The Bertz CT molecular complexity index is 2650. The molecule has 2 aromatic carbocycles. The van der Waals surface area contributed by atoms with Gasteiger partial charge in [0.25, 0.3) is 17.3 Å². The molecule has 5 heterocycles. The van der Waals surface area contributed by atoms with Crippen molar-refractivity contribution in [2.45, 2.75) is 174 Å². The monoisotopic (exact) mass is 1270 g/mol. The summed E-state index contributed by atoms with van der Waals surface area (Å²) < 4.78 is 59.8. The minimum atomic E-state index is -2.27. The van der Waals surface area contributed by atoms with Crippen molar-refractivity contribution in [1.82, 2.24) is 16.0 Å². The quantitative estimate of drug-likeness (QED) is 0.0236. The second kappa shape index (κ2) is 31.4. The van der Waals surface area contributed by atoms with Crippen LogP contribution in [0.4, 0.5) is 22.7 Å². The van der Waals surface area contributed by atoms with Crippen LogP contribution in [-0.4, -0.2) is 301 Å². The Morgan fingerprint density at radius 2 is 1.02 bits per heavy atom. The fourth-order valence-electron chi connectivity index (χ4n) is 10.6. The van der Waals surface area contributed by atoms with Crippen LogP contribution >= 0.6 is 0 Å². The van der Waals surface area contributed by atoms with Crippen LogP contribution in [0.5, 0.6) is 0 Å². The molecule has 88 heavy (non-hydrogen) atoms. The van der Waals surface area contributed by atoms with Gasteiger partial charge in [-0.25, -0.2) is 0 Å². The van der Waals surface area contributed by atoms with Crippen molar-refractivity contribution in [3.8, 4) is 0 Å². The molecule has 18 N–H and O–H groups in total. The molecular weight excluding hydrogens is 1190 g/mol. The highest BCUT2D eigenvalue weighted by atomic mass is 16.8. The molecular formula is C51H75N7O30. The number of nitro groups is 2. The predicted molar refractivity (Wildman–Crippen MR) is 288 cm³/mol. The van der Waals surface area contributed by atoms with E-state index in [-0.39, 0.29) is 36.5 Å². The Balaban J connectivity index is 1.15. The van der Waals surface area contributed by atoms with Crippen molar-refractivity contribution in [3.63, 3.8) is 0 Å². The first-order chi connectivity index (χ1) is 41.9. The van der Waals surface area contributed by atoms with Crippen LogP contribution < -0.4 is 26.6 Å². The highest BCUT2D eigenvalue weighted by Crippen LogP contribution is 2.37. The molecule has 25 atom stereocenters. The van der Waals surface area contributed by atoms with Crippen molar-refractivity contribution >= 4 is 40.5 Å². The maximum absolute atomic E-state index is 14.3. The lowest BCUT2D eigenvalue weighted by Crippen LogP contribution is -2.71. The summed E-state index contributed by atoms with van der Waals surface area (Å²) in [4.78, 5) is 61.0. The summed E-state index contributed by atoms with van der Waals surface area (Å²) in [7, 11) is 1.51. The molecule has 37 nitrogen and oxygen atoms in total. The van der Waals surface area contributed by atoms with Crippen LogP contribution in [0.1, 0.15) is 30.6 Å². The fourth-order valence-corrected chi connectivity index (χ4v) is 10.6. The number of para-hydroxylation sites is 1. The predicted octanol–water partition coefficient (Wildman–Crippen LogP) is -7.81. The SMILES string of the molecule is CNc1ccccc1C(=O)N[C@H]1[C@H](O[C@H]2O[C@H](CO)[C@@H](O)[C@H](O)[C@@H]2O)[C@H](O)[C@H](O[C@H]2[C@H](O)[C@@H](NC(C)=O)[C@H](O[C@H]3[C@H](O)[C@@H](NC(C)=O)[C@H](OCCCNc4ccc([N+](=O)[O-])cc4[N+](=O)[O-])O[C@@H]3CO)O[C@@H]2CO)O[C@@H]1CO[C@H]1O[C@H](CO)[C@@H](O)[C@H](O)[C@@H]1O. The van der Waals surface area contributed by atoms with E-state index < -0.39 is 225 Å². The molecule has 5 aliphatic rings. The Labute approximate surface area is 499 Å². The van der Waals surface area contributed by atoms with Crippen molar-refractivity contribution in [3.05, 3.63) is 68.3 Å². The summed E-state index contributed by atoms with van der Waals surface area (Å²) in [5.74, 6) is -2.47. The molecule has 0 aliphatic carbocycles. The number of non-ortho nitro benzene ring substituents is 1. The van der Waals surface area contributed by atoms with Crippen LogP contribution in [0.2, 0.25) is 0 Å². The fraction of sp³-hybridized carbons (Fsp3) is 0.706. The first-order valence-electron chi connectivity index (χ1n) is 27.7. The number of carbonyl (C=O) groups excluding carboxylic acids is 3. The van der Waals surface area contributed by atoms with Gasteiger partial charge in [0.05, 0.1) is 67.2 Å². The van der Waals surface area contributed by atoms with E-state index >= 15 is 0 Å². The normalized spacial score (nSPS) is 37.7. The lowest BCUT2D eigenvalue weighted by Gasteiger charge is -2.51. The molecule has 37 heteroatoms. The Hall–Kier alpha value is -5.67. The number of nitrogens with zero attached hydrogens (tertiary/aromatic N) is 2. The molecule has 0 saturated carbocycles. The number of aliphatic hydroxyl groups is 13. The Morgan fingerprint density at radius 3 is 1.58 bits per heavy atom. The summed E-state index contributed by atoms with van der Waals surface area (Å²) in [6.07, 6.45) is -41.6. The zero-order valence-corrected chi connectivity index (χ0v) is 47.3. The molecule has 2 aromatic rings. The molecule has 7 rings (SSSR count). The van der Waals surface area contributed by atoms with E-state index in [1.54, 1.807) is 6.07 Å². The number of aliphatic hydroxyl groups excluding tert-OH is 13. The van der Waals surface area contributed by atoms with E-state index in [0.717, 1.165) is 32.0 Å². The highest BCUT2D eigenvalue weighted by molar-refractivity contribution is 5.99. The van der Waals surface area contributed by atoms with E-state index in [0.29, 0.717) is 0 Å². The van der Waals surface area contributed by atoms with Gasteiger partial charge < -0.3 is 140 Å². The van der Waals surface area contributed by atoms with Crippen molar-refractivity contribution in [2.75, 3.05) is 63.9 Å². The van der Waals surface area contributed by atoms with Gasteiger partial charge in [0, 0.05) is 39.2 Å². The number of carbonyl (C=O) groups is 3. The van der Waals surface area contributed by atoms with E-state index in [4.69, 9.17) is 47.4 Å². The largest absolute Gasteiger partial charge is 0.394 e. The zero-order valence-electron chi connectivity index (χ0n) is 47.3. The number of hydrogen-bond donors (Lipinski definition) is 18. The van der Waals surface area contributed by atoms with Crippen molar-refractivity contribution in [2.24, 2.45) is 0 Å². The summed E-state index contributed by atoms with van der Waals surface area (Å²) in [5, 5.41) is 179. The lowest BCUT2D eigenvalue weighted by molar-refractivity contribution is -0.393. The van der Waals surface area contributed by atoms with Gasteiger partial charge in [0.15, 0.2) is 31.5 Å². The number of anilines is 2. The summed E-state index contributed by atoms with van der Waals surface area (Å²) in [6, 6.07) is 3.99. The second-order valence-electron chi connectivity index (χ2n) is 21.1. The first kappa shape index (κ1) is 69.8. The maximum atomic E-state index is 14.3. The summed E-state index contributed by atoms with van der Waals surface area (Å²) in [5.41, 5.74) is -0.872. The molecule has 0 bridgehead atoms. The number of benzene rings is 2. The minimum absolute atomic E-state index is 0.00913. The van der Waals surface area contributed by atoms with Crippen molar-refractivity contribution < 1.29 is 138 Å². The topological polar surface area (TPSA) is 553 Å². The van der Waals surface area contributed by atoms with E-state index in [1.807, 2.05) is 0 Å². The van der Waals surface area contributed by atoms with Gasteiger partial charge in [-0.15, -0.1) is 0 Å². The molecule has 0 spiro atoms. The van der Waals surface area contributed by atoms with Gasteiger partial charge >= 0.3 is 0 Å². The smallest absolute Gasteiger partial charge is 0.299 e. The summed E-state index contributed by atoms with van der Waals surface area (Å²) >= 11 is 0. The maximum Gasteiger partial charge on any atom is 0.299 e. The number of amides is 3. The average Bonchev–Trinajstić information content (AvgIpc) is 3.34. The average molecular weight is 1270 g/mol. The molecule has 3 amide bonds. The molecule has 494 valence electrons. The third-order valence-corrected chi connectivity index (χ3v) is 15.2. The van der Waals surface area contributed by atoms with Crippen LogP contribution in [0, 0.1) is 20.2 Å². The van der Waals surface area contributed by atoms with Gasteiger partial charge in [-0.2, -0.15) is 0 Å². The van der Waals surface area contributed by atoms with Gasteiger partial charge in [-0.05, 0) is 24.6 Å². The number of rotatable bonds is 26. The Kier molecular flexibility index (Phi) is 24.9. The van der Waals surface area contributed by atoms with Crippen LogP contribution in [0.25, 0.3) is 0 Å². The molecule has 5 fully saturated rings. The third-order valence-electron chi connectivity index (χ3n) is 15.2. The molecule has 0 radical (unpaired) electrons. The third kappa shape index (κ3) is 16.1. The minimum Gasteiger partial charge on any atom is -0.394 e. The number of hydrogen-bond acceptors (Lipinski definition) is 32. The molecule has 5 saturated heterocycles. The van der Waals surface area contributed by atoms with E-state index in [1.165, 1.54) is 25.2 Å². The first-order valence-corrected chi connectivity index (χ1v) is 27.7. The zero-order chi connectivity index (χ0) is 64.4. The van der Waals surface area contributed by atoms with Gasteiger partial charge in [0.2, 0.25) is 11.8 Å². The lowest BCUT2D eigenvalue weighted by atomic mass is 9.93. The standard InChI is InChI=1S/C51H75N7O30/c1-19(63)54-32-36(67)43(28(16-61)83-47(32)79-12-6-11-53-24-10-9-21(57(75)76)13-25(24)58(77)78)86-48-33(55-20(2)64)37(68)44(29(17-62)84-48)87-51-42(73)45(88-50-41(72)39(70)35(66)27(15-60)82-50)31(56-46(74)22-7-4-5-8-23(22)52-3)30(85-51)18-80-49-40(71)38(69)34(65)26(14-59)81-49/h4-5,7-10,13,26-45,47-53,59-62,65-73H,6,11-12,14-18H2,1-3H3,(H,54,63)(H,55,64)(H,56,74)/t26-,27-,28-,29-,30-,31-,32-,33-,34-,35-,36-,37-,38+,39+,40+,41+,42+,43-,44-,45+,47-,48+,49+,50-,51+/m1/s1. The molecule has 0 aromatic heterocycles. The van der Waals surface area contributed by atoms with Crippen molar-refractivity contribution in [1.29, 1.82) is 0 Å². The highest BCUT2D eigenvalue weighted by Gasteiger charge is 2.57. The van der Waals surface area contributed by atoms with Crippen LogP contribution in [0.3, 0.4) is 0 Å². The number of nitrogens with one attached hydrogen (secondary N) is 5. The second-order valence-corrected chi connectivity index (χ2v) is 21.1. The number of ether oxygens (including phenoxy) is 10. The Morgan fingerprint density at radius 1 is 0.523 bits per heavy atom. The van der Waals surface area contributed by atoms with E-state index in [9.17, 15) is 101 Å². The van der Waals surface area contributed by atoms with Gasteiger partial charge in [-0.1, -0.05) is 12.1 Å². The van der Waals surface area contributed by atoms with E-state index in [2.05, 4.69) is 26.6 Å². The van der Waals surface area contributed by atoms with Gasteiger partial charge in [-0.3, -0.25) is 34.6 Å². The molecule has 5 aliphatic heterocycles.